The molecule has 1 aromatic carbocycles. The second-order valence-electron chi connectivity index (χ2n) is 4.62. The molecule has 2 aromatic heterocycles. The molecule has 0 fully saturated rings. The Morgan fingerprint density at radius 1 is 1.29 bits per heavy atom. The van der Waals surface area contributed by atoms with E-state index in [-0.39, 0.29) is 13.2 Å². The lowest BCUT2D eigenvalue weighted by Gasteiger charge is -1.99. The molecule has 3 N–H and O–H groups in total. The number of hydrogen-bond acceptors (Lipinski definition) is 4. The Morgan fingerprint density at radius 3 is 2.86 bits per heavy atom. The molecule has 3 aromatic rings. The van der Waals surface area contributed by atoms with Crippen LogP contribution in [-0.2, 0) is 16.1 Å². The van der Waals surface area contributed by atoms with E-state index in [0.717, 1.165) is 22.3 Å². The first-order valence-corrected chi connectivity index (χ1v) is 6.48. The normalized spacial score (nSPS) is 10.9. The van der Waals surface area contributed by atoms with Crippen molar-refractivity contribution in [3.63, 3.8) is 0 Å². The van der Waals surface area contributed by atoms with Crippen LogP contribution in [0.25, 0.3) is 22.4 Å². The molecule has 6 nitrogen and oxygen atoms in total. The Labute approximate surface area is 121 Å². The fourth-order valence-corrected chi connectivity index (χ4v) is 2.04. The molecule has 1 amide bonds. The van der Waals surface area contributed by atoms with Crippen LogP contribution >= 0.6 is 0 Å². The highest BCUT2D eigenvalue weighted by molar-refractivity contribution is 5.77. The van der Waals surface area contributed by atoms with E-state index < -0.39 is 5.91 Å². The number of ether oxygens (including phenoxy) is 1. The molecule has 0 unspecified atom stereocenters. The summed E-state index contributed by atoms with van der Waals surface area (Å²) in [6.07, 6.45) is 1.76. The first kappa shape index (κ1) is 13.3. The number of benzene rings is 1. The van der Waals surface area contributed by atoms with Gasteiger partial charge in [0.15, 0.2) is 5.82 Å². The number of amides is 1. The summed E-state index contributed by atoms with van der Waals surface area (Å²) >= 11 is 0. The molecule has 0 spiro atoms. The SMILES string of the molecule is NC(=O)COCc1cc2cnc(-c3ccccc3)nc2[nH]1. The summed E-state index contributed by atoms with van der Waals surface area (Å²) < 4.78 is 5.17. The predicted molar refractivity (Wildman–Crippen MR) is 78.2 cm³/mol. The number of aromatic nitrogens is 3. The summed E-state index contributed by atoms with van der Waals surface area (Å²) in [6.45, 7) is 0.177. The number of carbonyl (C=O) groups excluding carboxylic acids is 1. The van der Waals surface area contributed by atoms with Gasteiger partial charge in [0, 0.05) is 22.8 Å². The third-order valence-corrected chi connectivity index (χ3v) is 2.96. The average Bonchev–Trinajstić information content (AvgIpc) is 2.89. The molecule has 6 heteroatoms. The number of nitrogens with zero attached hydrogens (tertiary/aromatic N) is 2. The second-order valence-corrected chi connectivity index (χ2v) is 4.62. The fourth-order valence-electron chi connectivity index (χ4n) is 2.04. The summed E-state index contributed by atoms with van der Waals surface area (Å²) in [5.41, 5.74) is 7.54. The van der Waals surface area contributed by atoms with Gasteiger partial charge in [0.1, 0.15) is 12.3 Å². The molecule has 2 heterocycles. The van der Waals surface area contributed by atoms with Crippen molar-refractivity contribution in [1.82, 2.24) is 15.0 Å². The van der Waals surface area contributed by atoms with Crippen LogP contribution in [0, 0.1) is 0 Å². The Balaban J connectivity index is 1.83. The highest BCUT2D eigenvalue weighted by Gasteiger charge is 2.06. The largest absolute Gasteiger partial charge is 0.368 e. The summed E-state index contributed by atoms with van der Waals surface area (Å²) in [5, 5.41) is 0.896. The van der Waals surface area contributed by atoms with Crippen LogP contribution in [0.4, 0.5) is 0 Å². The van der Waals surface area contributed by atoms with E-state index in [1.54, 1.807) is 6.20 Å². The number of hydrogen-bond donors (Lipinski definition) is 2. The van der Waals surface area contributed by atoms with Gasteiger partial charge in [0.2, 0.25) is 5.91 Å². The van der Waals surface area contributed by atoms with Crippen molar-refractivity contribution in [3.05, 3.63) is 48.3 Å². The first-order chi connectivity index (χ1) is 10.2. The third-order valence-electron chi connectivity index (χ3n) is 2.96. The maximum absolute atomic E-state index is 10.6. The van der Waals surface area contributed by atoms with Crippen molar-refractivity contribution in [2.45, 2.75) is 6.61 Å². The summed E-state index contributed by atoms with van der Waals surface area (Å²) in [6, 6.07) is 11.7. The molecule has 0 atom stereocenters. The molecule has 0 saturated carbocycles. The lowest BCUT2D eigenvalue weighted by atomic mass is 10.2. The molecular formula is C15H14N4O2. The smallest absolute Gasteiger partial charge is 0.243 e. The number of aromatic amines is 1. The van der Waals surface area contributed by atoms with Crippen LogP contribution in [0.3, 0.4) is 0 Å². The lowest BCUT2D eigenvalue weighted by molar-refractivity contribution is -0.122. The number of rotatable bonds is 5. The van der Waals surface area contributed by atoms with Gasteiger partial charge in [-0.05, 0) is 6.07 Å². The summed E-state index contributed by atoms with van der Waals surface area (Å²) in [4.78, 5) is 22.6. The zero-order valence-corrected chi connectivity index (χ0v) is 11.2. The van der Waals surface area contributed by atoms with Gasteiger partial charge in [-0.1, -0.05) is 30.3 Å². The Bertz CT molecular complexity index is 768. The van der Waals surface area contributed by atoms with Crippen molar-refractivity contribution >= 4 is 16.9 Å². The van der Waals surface area contributed by atoms with Gasteiger partial charge in [0.05, 0.1) is 6.61 Å². The number of fused-ring (bicyclic) bond motifs is 1. The Morgan fingerprint density at radius 2 is 2.10 bits per heavy atom. The molecular weight excluding hydrogens is 268 g/mol. The van der Waals surface area contributed by atoms with E-state index in [1.807, 2.05) is 36.4 Å². The molecule has 0 saturated heterocycles. The minimum Gasteiger partial charge on any atom is -0.368 e. The zero-order valence-electron chi connectivity index (χ0n) is 11.2. The van der Waals surface area contributed by atoms with Crippen LogP contribution < -0.4 is 5.73 Å². The molecule has 0 bridgehead atoms. The quantitative estimate of drug-likeness (QED) is 0.743. The van der Waals surface area contributed by atoms with Gasteiger partial charge < -0.3 is 15.5 Å². The van der Waals surface area contributed by atoms with Crippen molar-refractivity contribution in [3.8, 4) is 11.4 Å². The number of carbonyl (C=O) groups is 1. The van der Waals surface area contributed by atoms with E-state index in [1.165, 1.54) is 0 Å². The van der Waals surface area contributed by atoms with Gasteiger partial charge in [-0.25, -0.2) is 9.97 Å². The zero-order chi connectivity index (χ0) is 14.7. The molecule has 0 aliphatic heterocycles. The van der Waals surface area contributed by atoms with Crippen molar-refractivity contribution in [2.75, 3.05) is 6.61 Å². The van der Waals surface area contributed by atoms with Crippen LogP contribution in [-0.4, -0.2) is 27.5 Å². The number of primary amides is 1. The van der Waals surface area contributed by atoms with Crippen LogP contribution in [0.15, 0.2) is 42.6 Å². The van der Waals surface area contributed by atoms with Crippen molar-refractivity contribution < 1.29 is 9.53 Å². The third kappa shape index (κ3) is 3.06. The molecule has 0 aliphatic carbocycles. The standard InChI is InChI=1S/C15H14N4O2/c16-13(20)9-21-8-12-6-11-7-17-14(19-15(11)18-12)10-4-2-1-3-5-10/h1-7H,8-9H2,(H2,16,20)(H,17,18,19). The van der Waals surface area contributed by atoms with Gasteiger partial charge >= 0.3 is 0 Å². The van der Waals surface area contributed by atoms with Crippen LogP contribution in [0.1, 0.15) is 5.69 Å². The van der Waals surface area contributed by atoms with Gasteiger partial charge in [-0.2, -0.15) is 0 Å². The number of nitrogens with one attached hydrogen (secondary N) is 1. The Hall–Kier alpha value is -2.73. The van der Waals surface area contributed by atoms with Crippen LogP contribution in [0.5, 0.6) is 0 Å². The average molecular weight is 282 g/mol. The molecule has 3 rings (SSSR count). The minimum absolute atomic E-state index is 0.101. The van der Waals surface area contributed by atoms with Gasteiger partial charge in [0.25, 0.3) is 0 Å². The highest BCUT2D eigenvalue weighted by Crippen LogP contribution is 2.18. The maximum Gasteiger partial charge on any atom is 0.243 e. The number of nitrogens with two attached hydrogens (primary N) is 1. The van der Waals surface area contributed by atoms with Crippen molar-refractivity contribution in [1.29, 1.82) is 0 Å². The monoisotopic (exact) mass is 282 g/mol. The lowest BCUT2D eigenvalue weighted by Crippen LogP contribution is -2.17. The van der Waals surface area contributed by atoms with E-state index in [4.69, 9.17) is 10.5 Å². The molecule has 106 valence electrons. The van der Waals surface area contributed by atoms with Gasteiger partial charge in [-0.3, -0.25) is 4.79 Å². The summed E-state index contributed by atoms with van der Waals surface area (Å²) in [7, 11) is 0. The van der Waals surface area contributed by atoms with Gasteiger partial charge in [-0.15, -0.1) is 0 Å². The van der Waals surface area contributed by atoms with Crippen molar-refractivity contribution in [2.24, 2.45) is 5.73 Å². The molecule has 0 aliphatic rings. The van der Waals surface area contributed by atoms with E-state index in [0.29, 0.717) is 5.82 Å². The topological polar surface area (TPSA) is 93.9 Å². The Kier molecular flexibility index (Phi) is 3.61. The highest BCUT2D eigenvalue weighted by atomic mass is 16.5. The molecule has 21 heavy (non-hydrogen) atoms. The second kappa shape index (κ2) is 5.72. The van der Waals surface area contributed by atoms with E-state index >= 15 is 0 Å². The predicted octanol–water partition coefficient (Wildman–Crippen LogP) is 1.63. The van der Waals surface area contributed by atoms with E-state index in [9.17, 15) is 4.79 Å². The summed E-state index contributed by atoms with van der Waals surface area (Å²) in [5.74, 6) is 0.173. The number of H-pyrrole nitrogens is 1. The van der Waals surface area contributed by atoms with E-state index in [2.05, 4.69) is 15.0 Å². The minimum atomic E-state index is -0.489. The van der Waals surface area contributed by atoms with Crippen LogP contribution in [0.2, 0.25) is 0 Å². The molecule has 0 radical (unpaired) electrons. The fraction of sp³-hybridized carbons (Fsp3) is 0.133. The first-order valence-electron chi connectivity index (χ1n) is 6.48. The maximum atomic E-state index is 10.6.